The molecular formula is C15H23NO3S. The summed E-state index contributed by atoms with van der Waals surface area (Å²) in [6.45, 7) is 3.10. The molecule has 20 heavy (non-hydrogen) atoms. The molecular weight excluding hydrogens is 274 g/mol. The maximum atomic E-state index is 12.6. The molecule has 2 rings (SSSR count). The molecule has 0 aliphatic carbocycles. The molecule has 0 spiro atoms. The van der Waals surface area contributed by atoms with E-state index in [0.29, 0.717) is 24.6 Å². The second-order valence-electron chi connectivity index (χ2n) is 5.40. The predicted molar refractivity (Wildman–Crippen MR) is 78.8 cm³/mol. The van der Waals surface area contributed by atoms with Crippen LogP contribution < -0.4 is 0 Å². The minimum absolute atomic E-state index is 0.247. The van der Waals surface area contributed by atoms with Crippen molar-refractivity contribution in [1.82, 2.24) is 4.31 Å². The highest BCUT2D eigenvalue weighted by atomic mass is 32.2. The van der Waals surface area contributed by atoms with Crippen LogP contribution in [0.2, 0.25) is 0 Å². The van der Waals surface area contributed by atoms with Crippen LogP contribution >= 0.6 is 0 Å². The van der Waals surface area contributed by atoms with Gasteiger partial charge in [-0.3, -0.25) is 0 Å². The summed E-state index contributed by atoms with van der Waals surface area (Å²) in [5, 5.41) is 9.31. The summed E-state index contributed by atoms with van der Waals surface area (Å²) in [5.41, 5.74) is 0.475. The van der Waals surface area contributed by atoms with E-state index in [-0.39, 0.29) is 11.5 Å². The normalized spacial score (nSPS) is 18.3. The van der Waals surface area contributed by atoms with Crippen molar-refractivity contribution in [2.45, 2.75) is 44.1 Å². The van der Waals surface area contributed by atoms with Gasteiger partial charge in [0.1, 0.15) is 0 Å². The van der Waals surface area contributed by atoms with Crippen molar-refractivity contribution in [3.05, 3.63) is 29.8 Å². The van der Waals surface area contributed by atoms with E-state index in [0.717, 1.165) is 19.3 Å². The van der Waals surface area contributed by atoms with Crippen molar-refractivity contribution in [1.29, 1.82) is 0 Å². The lowest BCUT2D eigenvalue weighted by Crippen LogP contribution is -2.38. The first-order chi connectivity index (χ1) is 9.59. The average molecular weight is 297 g/mol. The fraction of sp³-hybridized carbons (Fsp3) is 0.600. The molecule has 4 nitrogen and oxygen atoms in total. The molecule has 0 radical (unpaired) electrons. The Bertz CT molecular complexity index is 534. The number of rotatable bonds is 5. The zero-order chi connectivity index (χ0) is 14.6. The number of piperidine rings is 1. The van der Waals surface area contributed by atoms with Crippen molar-refractivity contribution < 1.29 is 13.5 Å². The van der Waals surface area contributed by atoms with Gasteiger partial charge >= 0.3 is 0 Å². The van der Waals surface area contributed by atoms with Gasteiger partial charge in [-0.05, 0) is 30.4 Å². The fourth-order valence-corrected chi connectivity index (χ4v) is 4.56. The number of hydrogen-bond acceptors (Lipinski definition) is 3. The minimum Gasteiger partial charge on any atom is -0.392 e. The molecule has 1 aromatic rings. The second kappa shape index (κ2) is 6.70. The molecule has 112 valence electrons. The Morgan fingerprint density at radius 2 is 1.90 bits per heavy atom. The number of benzene rings is 1. The van der Waals surface area contributed by atoms with Crippen LogP contribution in [0.25, 0.3) is 0 Å². The largest absolute Gasteiger partial charge is 0.392 e. The van der Waals surface area contributed by atoms with Crippen LogP contribution in [0.4, 0.5) is 0 Å². The molecule has 0 amide bonds. The lowest BCUT2D eigenvalue weighted by atomic mass is 9.94. The maximum absolute atomic E-state index is 12.6. The summed E-state index contributed by atoms with van der Waals surface area (Å²) in [5.74, 6) is 0.652. The van der Waals surface area contributed by atoms with Gasteiger partial charge in [0.05, 0.1) is 11.5 Å². The molecule has 0 atom stereocenters. The van der Waals surface area contributed by atoms with Crippen LogP contribution in [0.3, 0.4) is 0 Å². The first-order valence-electron chi connectivity index (χ1n) is 7.28. The third-order valence-electron chi connectivity index (χ3n) is 4.03. The highest BCUT2D eigenvalue weighted by molar-refractivity contribution is 7.89. The standard InChI is InChI=1S/C15H23NO3S/c1-2-5-13-8-10-16(11-9-13)20(18,19)15-7-4-3-6-14(15)12-17/h3-4,6-7,13,17H,2,5,8-12H2,1H3. The lowest BCUT2D eigenvalue weighted by Gasteiger charge is -2.31. The van der Waals surface area contributed by atoms with E-state index >= 15 is 0 Å². The molecule has 1 saturated heterocycles. The Kier molecular flexibility index (Phi) is 5.18. The van der Waals surface area contributed by atoms with E-state index in [1.807, 2.05) is 0 Å². The predicted octanol–water partition coefficient (Wildman–Crippen LogP) is 2.38. The van der Waals surface area contributed by atoms with Crippen LogP contribution in [0.1, 0.15) is 38.2 Å². The average Bonchev–Trinajstić information content (AvgIpc) is 2.48. The molecule has 0 bridgehead atoms. The van der Waals surface area contributed by atoms with Gasteiger partial charge in [0.25, 0.3) is 0 Å². The van der Waals surface area contributed by atoms with Gasteiger partial charge in [-0.15, -0.1) is 0 Å². The SMILES string of the molecule is CCCC1CCN(S(=O)(=O)c2ccccc2CO)CC1. The Labute approximate surface area is 121 Å². The summed E-state index contributed by atoms with van der Waals surface area (Å²) in [6.07, 6.45) is 4.22. The van der Waals surface area contributed by atoms with E-state index in [4.69, 9.17) is 0 Å². The Balaban J connectivity index is 2.16. The van der Waals surface area contributed by atoms with Gasteiger partial charge in [0, 0.05) is 13.1 Å². The maximum Gasteiger partial charge on any atom is 0.243 e. The van der Waals surface area contributed by atoms with E-state index in [1.165, 1.54) is 6.42 Å². The molecule has 1 aromatic carbocycles. The molecule has 0 aromatic heterocycles. The molecule has 0 unspecified atom stereocenters. The summed E-state index contributed by atoms with van der Waals surface area (Å²) in [4.78, 5) is 0.247. The van der Waals surface area contributed by atoms with Crippen LogP contribution in [-0.4, -0.2) is 30.9 Å². The minimum atomic E-state index is -3.47. The van der Waals surface area contributed by atoms with E-state index in [1.54, 1.807) is 28.6 Å². The number of sulfonamides is 1. The van der Waals surface area contributed by atoms with Crippen molar-refractivity contribution in [3.63, 3.8) is 0 Å². The molecule has 5 heteroatoms. The van der Waals surface area contributed by atoms with Crippen LogP contribution in [0.15, 0.2) is 29.2 Å². The fourth-order valence-electron chi connectivity index (χ4n) is 2.87. The molecule has 1 aliphatic heterocycles. The monoisotopic (exact) mass is 297 g/mol. The molecule has 1 N–H and O–H groups in total. The molecule has 1 aliphatic rings. The molecule has 1 fully saturated rings. The van der Waals surface area contributed by atoms with Crippen molar-refractivity contribution in [3.8, 4) is 0 Å². The third kappa shape index (κ3) is 3.22. The highest BCUT2D eigenvalue weighted by Gasteiger charge is 2.30. The smallest absolute Gasteiger partial charge is 0.243 e. The lowest BCUT2D eigenvalue weighted by molar-refractivity contribution is 0.260. The first kappa shape index (κ1) is 15.5. The quantitative estimate of drug-likeness (QED) is 0.908. The third-order valence-corrected chi connectivity index (χ3v) is 6.03. The van der Waals surface area contributed by atoms with Gasteiger partial charge < -0.3 is 5.11 Å². The number of aliphatic hydroxyl groups excluding tert-OH is 1. The Hall–Kier alpha value is -0.910. The summed E-state index contributed by atoms with van der Waals surface area (Å²) >= 11 is 0. The summed E-state index contributed by atoms with van der Waals surface area (Å²) in [6, 6.07) is 6.70. The van der Waals surface area contributed by atoms with Gasteiger partial charge in [-0.2, -0.15) is 4.31 Å². The zero-order valence-corrected chi connectivity index (χ0v) is 12.8. The van der Waals surface area contributed by atoms with Gasteiger partial charge in [-0.1, -0.05) is 38.0 Å². The van der Waals surface area contributed by atoms with Crippen molar-refractivity contribution >= 4 is 10.0 Å². The Morgan fingerprint density at radius 3 is 2.50 bits per heavy atom. The van der Waals surface area contributed by atoms with E-state index in [9.17, 15) is 13.5 Å². The number of hydrogen-bond donors (Lipinski definition) is 1. The number of aliphatic hydroxyl groups is 1. The molecule has 0 saturated carbocycles. The number of nitrogens with zero attached hydrogens (tertiary/aromatic N) is 1. The van der Waals surface area contributed by atoms with Crippen molar-refractivity contribution in [2.75, 3.05) is 13.1 Å². The van der Waals surface area contributed by atoms with Crippen LogP contribution in [0, 0.1) is 5.92 Å². The van der Waals surface area contributed by atoms with E-state index < -0.39 is 10.0 Å². The van der Waals surface area contributed by atoms with Gasteiger partial charge in [-0.25, -0.2) is 8.42 Å². The first-order valence-corrected chi connectivity index (χ1v) is 8.72. The summed E-state index contributed by atoms with van der Waals surface area (Å²) < 4.78 is 26.9. The topological polar surface area (TPSA) is 57.6 Å². The van der Waals surface area contributed by atoms with Crippen LogP contribution in [-0.2, 0) is 16.6 Å². The van der Waals surface area contributed by atoms with Gasteiger partial charge in [0.15, 0.2) is 0 Å². The molecule has 1 heterocycles. The van der Waals surface area contributed by atoms with Gasteiger partial charge in [0.2, 0.25) is 10.0 Å². The summed E-state index contributed by atoms with van der Waals surface area (Å²) in [7, 11) is -3.47. The Morgan fingerprint density at radius 1 is 1.25 bits per heavy atom. The highest BCUT2D eigenvalue weighted by Crippen LogP contribution is 2.27. The second-order valence-corrected chi connectivity index (χ2v) is 7.31. The zero-order valence-electron chi connectivity index (χ0n) is 12.0. The van der Waals surface area contributed by atoms with Crippen LogP contribution in [0.5, 0.6) is 0 Å². The van der Waals surface area contributed by atoms with Crippen molar-refractivity contribution in [2.24, 2.45) is 5.92 Å². The van der Waals surface area contributed by atoms with E-state index in [2.05, 4.69) is 6.92 Å².